The summed E-state index contributed by atoms with van der Waals surface area (Å²) in [5, 5.41) is 0.193. The number of benzene rings is 1. The Labute approximate surface area is 107 Å². The highest BCUT2D eigenvalue weighted by Crippen LogP contribution is 2.33. The highest BCUT2D eigenvalue weighted by molar-refractivity contribution is 6.30. The van der Waals surface area contributed by atoms with Crippen molar-refractivity contribution >= 4 is 11.6 Å². The van der Waals surface area contributed by atoms with Crippen molar-refractivity contribution in [1.82, 2.24) is 0 Å². The number of halogens is 2. The van der Waals surface area contributed by atoms with Crippen molar-refractivity contribution in [2.24, 2.45) is 17.6 Å². The lowest BCUT2D eigenvalue weighted by Crippen LogP contribution is -2.24. The zero-order valence-corrected chi connectivity index (χ0v) is 10.7. The van der Waals surface area contributed by atoms with Crippen LogP contribution in [0, 0.1) is 17.7 Å². The van der Waals surface area contributed by atoms with Crippen LogP contribution < -0.4 is 5.73 Å². The quantitative estimate of drug-likeness (QED) is 0.871. The molecule has 0 saturated heterocycles. The van der Waals surface area contributed by atoms with Crippen LogP contribution in [-0.4, -0.2) is 6.54 Å². The minimum Gasteiger partial charge on any atom is -0.330 e. The fraction of sp³-hybridized carbons (Fsp3) is 0.571. The predicted molar refractivity (Wildman–Crippen MR) is 69.6 cm³/mol. The zero-order chi connectivity index (χ0) is 12.3. The van der Waals surface area contributed by atoms with Gasteiger partial charge in [-0.2, -0.15) is 0 Å². The molecule has 1 saturated carbocycles. The third kappa shape index (κ3) is 3.20. The summed E-state index contributed by atoms with van der Waals surface area (Å²) in [6.45, 7) is 0.689. The molecule has 1 aliphatic rings. The standard InChI is InChI=1S/C14H19ClFN/c15-13-6-5-10(8-14(13)16)7-12(9-17)11-3-1-2-4-11/h5-6,8,11-12H,1-4,7,9,17H2. The first-order valence-corrected chi connectivity index (χ1v) is 6.72. The molecule has 1 aliphatic carbocycles. The molecule has 1 unspecified atom stereocenters. The molecule has 17 heavy (non-hydrogen) atoms. The molecule has 1 aromatic carbocycles. The van der Waals surface area contributed by atoms with E-state index in [0.29, 0.717) is 12.5 Å². The van der Waals surface area contributed by atoms with Gasteiger partial charge in [0.15, 0.2) is 0 Å². The smallest absolute Gasteiger partial charge is 0.142 e. The molecule has 2 rings (SSSR count). The molecule has 0 heterocycles. The Morgan fingerprint density at radius 3 is 2.65 bits per heavy atom. The Balaban J connectivity index is 2.04. The van der Waals surface area contributed by atoms with E-state index in [1.54, 1.807) is 12.1 Å². The van der Waals surface area contributed by atoms with E-state index in [1.807, 2.05) is 6.07 Å². The molecule has 0 spiro atoms. The molecule has 1 atom stereocenters. The zero-order valence-electron chi connectivity index (χ0n) is 9.96. The monoisotopic (exact) mass is 255 g/mol. The number of hydrogen-bond donors (Lipinski definition) is 1. The summed E-state index contributed by atoms with van der Waals surface area (Å²) in [6, 6.07) is 5.08. The van der Waals surface area contributed by atoms with E-state index in [2.05, 4.69) is 0 Å². The number of rotatable bonds is 4. The molecule has 94 valence electrons. The average Bonchev–Trinajstić information content (AvgIpc) is 2.84. The topological polar surface area (TPSA) is 26.0 Å². The van der Waals surface area contributed by atoms with E-state index < -0.39 is 0 Å². The minimum atomic E-state index is -0.327. The van der Waals surface area contributed by atoms with Gasteiger partial charge in [0.2, 0.25) is 0 Å². The summed E-state index contributed by atoms with van der Waals surface area (Å²) in [4.78, 5) is 0. The van der Waals surface area contributed by atoms with Crippen LogP contribution in [0.15, 0.2) is 18.2 Å². The van der Waals surface area contributed by atoms with E-state index in [9.17, 15) is 4.39 Å². The molecule has 0 aliphatic heterocycles. The maximum absolute atomic E-state index is 13.3. The molecular formula is C14H19ClFN. The van der Waals surface area contributed by atoms with Gasteiger partial charge in [0, 0.05) is 0 Å². The molecule has 1 fully saturated rings. The second-order valence-corrected chi connectivity index (χ2v) is 5.40. The van der Waals surface area contributed by atoms with Crippen molar-refractivity contribution in [3.8, 4) is 0 Å². The summed E-state index contributed by atoms with van der Waals surface area (Å²) in [6.07, 6.45) is 6.05. The van der Waals surface area contributed by atoms with Gasteiger partial charge >= 0.3 is 0 Å². The van der Waals surface area contributed by atoms with Crippen molar-refractivity contribution in [2.75, 3.05) is 6.54 Å². The van der Waals surface area contributed by atoms with Crippen molar-refractivity contribution in [1.29, 1.82) is 0 Å². The van der Waals surface area contributed by atoms with Gasteiger partial charge in [0.05, 0.1) is 5.02 Å². The van der Waals surface area contributed by atoms with Gasteiger partial charge in [-0.1, -0.05) is 43.4 Å². The summed E-state index contributed by atoms with van der Waals surface area (Å²) in [5.41, 5.74) is 6.86. The average molecular weight is 256 g/mol. The van der Waals surface area contributed by atoms with E-state index in [0.717, 1.165) is 17.9 Å². The predicted octanol–water partition coefficient (Wildman–Crippen LogP) is 3.79. The third-order valence-corrected chi connectivity index (χ3v) is 4.16. The van der Waals surface area contributed by atoms with Crippen LogP contribution in [-0.2, 0) is 6.42 Å². The fourth-order valence-corrected chi connectivity index (χ4v) is 2.96. The Morgan fingerprint density at radius 2 is 2.06 bits per heavy atom. The number of nitrogens with two attached hydrogens (primary N) is 1. The van der Waals surface area contributed by atoms with Crippen LogP contribution in [0.1, 0.15) is 31.2 Å². The Bertz CT molecular complexity index is 374. The van der Waals surface area contributed by atoms with Crippen molar-refractivity contribution in [2.45, 2.75) is 32.1 Å². The largest absolute Gasteiger partial charge is 0.330 e. The van der Waals surface area contributed by atoms with Gasteiger partial charge in [0.25, 0.3) is 0 Å². The summed E-state index contributed by atoms with van der Waals surface area (Å²) < 4.78 is 13.3. The van der Waals surface area contributed by atoms with Gasteiger partial charge in [-0.25, -0.2) is 4.39 Å². The van der Waals surface area contributed by atoms with Gasteiger partial charge < -0.3 is 5.73 Å². The SMILES string of the molecule is NCC(Cc1ccc(Cl)c(F)c1)C1CCCC1. The summed E-state index contributed by atoms with van der Waals surface area (Å²) >= 11 is 5.68. The van der Waals surface area contributed by atoms with Crippen LogP contribution in [0.4, 0.5) is 4.39 Å². The van der Waals surface area contributed by atoms with Crippen LogP contribution >= 0.6 is 11.6 Å². The van der Waals surface area contributed by atoms with Gasteiger partial charge in [0.1, 0.15) is 5.82 Å². The lowest BCUT2D eigenvalue weighted by atomic mass is 9.86. The molecule has 0 aromatic heterocycles. The highest BCUT2D eigenvalue weighted by Gasteiger charge is 2.24. The molecule has 0 amide bonds. The summed E-state index contributed by atoms with van der Waals surface area (Å²) in [7, 11) is 0. The van der Waals surface area contributed by atoms with E-state index >= 15 is 0 Å². The maximum Gasteiger partial charge on any atom is 0.142 e. The first kappa shape index (κ1) is 12.8. The molecule has 0 radical (unpaired) electrons. The van der Waals surface area contributed by atoms with Crippen LogP contribution in [0.5, 0.6) is 0 Å². The highest BCUT2D eigenvalue weighted by atomic mass is 35.5. The second-order valence-electron chi connectivity index (χ2n) is 4.99. The Kier molecular flexibility index (Phi) is 4.41. The normalized spacial score (nSPS) is 18.5. The molecule has 0 bridgehead atoms. The van der Waals surface area contributed by atoms with Crippen molar-refractivity contribution in [3.05, 3.63) is 34.6 Å². The lowest BCUT2D eigenvalue weighted by Gasteiger charge is -2.21. The first-order valence-electron chi connectivity index (χ1n) is 6.34. The van der Waals surface area contributed by atoms with Gasteiger partial charge in [-0.3, -0.25) is 0 Å². The van der Waals surface area contributed by atoms with Crippen LogP contribution in [0.2, 0.25) is 5.02 Å². The van der Waals surface area contributed by atoms with Gasteiger partial charge in [-0.05, 0) is 42.5 Å². The van der Waals surface area contributed by atoms with Gasteiger partial charge in [-0.15, -0.1) is 0 Å². The van der Waals surface area contributed by atoms with Crippen molar-refractivity contribution in [3.63, 3.8) is 0 Å². The lowest BCUT2D eigenvalue weighted by molar-refractivity contribution is 0.344. The summed E-state index contributed by atoms with van der Waals surface area (Å²) in [5.74, 6) is 0.878. The van der Waals surface area contributed by atoms with E-state index in [1.165, 1.54) is 25.7 Å². The molecule has 2 N–H and O–H groups in total. The molecule has 1 nitrogen and oxygen atoms in total. The van der Waals surface area contributed by atoms with E-state index in [4.69, 9.17) is 17.3 Å². The fourth-order valence-electron chi connectivity index (χ4n) is 2.84. The number of hydrogen-bond acceptors (Lipinski definition) is 1. The van der Waals surface area contributed by atoms with Crippen molar-refractivity contribution < 1.29 is 4.39 Å². The van der Waals surface area contributed by atoms with Crippen LogP contribution in [0.25, 0.3) is 0 Å². The first-order chi connectivity index (χ1) is 8.20. The molecule has 3 heteroatoms. The molecule has 1 aromatic rings. The Morgan fingerprint density at radius 1 is 1.35 bits per heavy atom. The third-order valence-electron chi connectivity index (χ3n) is 3.85. The van der Waals surface area contributed by atoms with E-state index in [-0.39, 0.29) is 10.8 Å². The van der Waals surface area contributed by atoms with Crippen LogP contribution in [0.3, 0.4) is 0 Å². The maximum atomic E-state index is 13.3. The minimum absolute atomic E-state index is 0.193. The molecular weight excluding hydrogens is 237 g/mol. The Hall–Kier alpha value is -0.600. The second kappa shape index (κ2) is 5.83.